The second kappa shape index (κ2) is 3.92. The van der Waals surface area contributed by atoms with Crippen LogP contribution >= 0.6 is 0 Å². The largest absolute Gasteiger partial charge is 0.285 e. The van der Waals surface area contributed by atoms with Gasteiger partial charge in [0.1, 0.15) is 6.17 Å². The fourth-order valence-corrected chi connectivity index (χ4v) is 2.57. The maximum absolute atomic E-state index is 12.9. The SMILES string of the molecule is CC(C1CCCC(F)C1)S(=O)(=O)O. The van der Waals surface area contributed by atoms with Crippen LogP contribution in [0.25, 0.3) is 0 Å². The van der Waals surface area contributed by atoms with E-state index in [9.17, 15) is 12.8 Å². The van der Waals surface area contributed by atoms with Gasteiger partial charge in [-0.25, -0.2) is 4.39 Å². The first kappa shape index (κ1) is 10.9. The molecule has 0 saturated heterocycles. The number of hydrogen-bond acceptors (Lipinski definition) is 2. The average Bonchev–Trinajstić information content (AvgIpc) is 2.01. The Morgan fingerprint density at radius 2 is 2.08 bits per heavy atom. The van der Waals surface area contributed by atoms with Gasteiger partial charge in [0.15, 0.2) is 0 Å². The molecule has 1 N–H and O–H groups in total. The molecule has 1 rings (SSSR count). The Labute approximate surface area is 78.1 Å². The summed E-state index contributed by atoms with van der Waals surface area (Å²) >= 11 is 0. The van der Waals surface area contributed by atoms with Gasteiger partial charge in [-0.2, -0.15) is 8.42 Å². The Balaban J connectivity index is 2.61. The molecule has 0 spiro atoms. The summed E-state index contributed by atoms with van der Waals surface area (Å²) in [6.07, 6.45) is 1.30. The molecule has 0 aromatic rings. The summed E-state index contributed by atoms with van der Waals surface area (Å²) in [6, 6.07) is 0. The molecule has 78 valence electrons. The number of halogens is 1. The summed E-state index contributed by atoms with van der Waals surface area (Å²) in [5, 5.41) is -0.828. The van der Waals surface area contributed by atoms with E-state index in [1.807, 2.05) is 0 Å². The number of alkyl halides is 1. The average molecular weight is 210 g/mol. The molecule has 3 atom stereocenters. The lowest BCUT2D eigenvalue weighted by Gasteiger charge is -2.27. The van der Waals surface area contributed by atoms with E-state index in [0.717, 1.165) is 0 Å². The zero-order valence-electron chi connectivity index (χ0n) is 7.61. The minimum absolute atomic E-state index is 0.223. The van der Waals surface area contributed by atoms with Crippen LogP contribution in [0.15, 0.2) is 0 Å². The molecule has 1 aliphatic rings. The lowest BCUT2D eigenvalue weighted by molar-refractivity contribution is 0.194. The molecule has 3 unspecified atom stereocenters. The Hall–Kier alpha value is -0.160. The van der Waals surface area contributed by atoms with Gasteiger partial charge < -0.3 is 0 Å². The van der Waals surface area contributed by atoms with Gasteiger partial charge in [-0.05, 0) is 32.1 Å². The van der Waals surface area contributed by atoms with Crippen LogP contribution in [-0.2, 0) is 10.1 Å². The first-order valence-electron chi connectivity index (χ1n) is 4.51. The molecule has 0 aromatic heterocycles. The third kappa shape index (κ3) is 2.91. The molecule has 0 radical (unpaired) electrons. The van der Waals surface area contributed by atoms with E-state index in [0.29, 0.717) is 19.3 Å². The standard InChI is InChI=1S/C8H15FO3S/c1-6(13(10,11)12)7-3-2-4-8(9)5-7/h6-8H,2-5H2,1H3,(H,10,11,12). The highest BCUT2D eigenvalue weighted by molar-refractivity contribution is 7.86. The van der Waals surface area contributed by atoms with Crippen molar-refractivity contribution in [3.8, 4) is 0 Å². The molecule has 13 heavy (non-hydrogen) atoms. The predicted octanol–water partition coefficient (Wildman–Crippen LogP) is 1.79. The minimum Gasteiger partial charge on any atom is -0.285 e. The van der Waals surface area contributed by atoms with E-state index in [-0.39, 0.29) is 12.3 Å². The summed E-state index contributed by atoms with van der Waals surface area (Å²) < 4.78 is 43.2. The third-order valence-electron chi connectivity index (χ3n) is 2.78. The van der Waals surface area contributed by atoms with Crippen molar-refractivity contribution in [2.75, 3.05) is 0 Å². The molecule has 5 heteroatoms. The lowest BCUT2D eigenvalue weighted by Crippen LogP contribution is -2.31. The van der Waals surface area contributed by atoms with Crippen molar-refractivity contribution in [2.24, 2.45) is 5.92 Å². The summed E-state index contributed by atoms with van der Waals surface area (Å²) in [4.78, 5) is 0. The van der Waals surface area contributed by atoms with E-state index >= 15 is 0 Å². The van der Waals surface area contributed by atoms with Gasteiger partial charge in [0.05, 0.1) is 5.25 Å². The molecule has 0 heterocycles. The molecular weight excluding hydrogens is 195 g/mol. The van der Waals surface area contributed by atoms with Gasteiger partial charge in [-0.15, -0.1) is 0 Å². The molecule has 1 saturated carbocycles. The van der Waals surface area contributed by atoms with E-state index in [1.54, 1.807) is 0 Å². The normalized spacial score (nSPS) is 32.8. The van der Waals surface area contributed by atoms with Gasteiger partial charge in [-0.1, -0.05) is 6.42 Å². The molecule has 0 bridgehead atoms. The third-order valence-corrected chi connectivity index (χ3v) is 4.11. The quantitative estimate of drug-likeness (QED) is 0.707. The summed E-state index contributed by atoms with van der Waals surface area (Å²) in [7, 11) is -3.99. The zero-order valence-corrected chi connectivity index (χ0v) is 8.43. The number of rotatable bonds is 2. The van der Waals surface area contributed by atoms with Crippen molar-refractivity contribution in [2.45, 2.75) is 44.0 Å². The molecule has 3 nitrogen and oxygen atoms in total. The Kier molecular flexibility index (Phi) is 3.29. The van der Waals surface area contributed by atoms with E-state index < -0.39 is 21.5 Å². The second-order valence-corrected chi connectivity index (χ2v) is 5.52. The van der Waals surface area contributed by atoms with Gasteiger partial charge in [-0.3, -0.25) is 4.55 Å². The van der Waals surface area contributed by atoms with Gasteiger partial charge in [0.2, 0.25) is 0 Å². The fourth-order valence-electron chi connectivity index (χ4n) is 1.84. The van der Waals surface area contributed by atoms with Gasteiger partial charge >= 0.3 is 0 Å². The van der Waals surface area contributed by atoms with Crippen LogP contribution in [0.2, 0.25) is 0 Å². The van der Waals surface area contributed by atoms with Crippen molar-refractivity contribution in [1.29, 1.82) is 0 Å². The molecule has 0 aliphatic heterocycles. The summed E-state index contributed by atoms with van der Waals surface area (Å²) in [5.74, 6) is -0.223. The summed E-state index contributed by atoms with van der Waals surface area (Å²) in [5.41, 5.74) is 0. The minimum atomic E-state index is -3.99. The Bertz CT molecular complexity index is 263. The van der Waals surface area contributed by atoms with Crippen molar-refractivity contribution < 1.29 is 17.4 Å². The lowest BCUT2D eigenvalue weighted by atomic mass is 9.86. The summed E-state index contributed by atoms with van der Waals surface area (Å²) in [6.45, 7) is 1.44. The Morgan fingerprint density at radius 3 is 2.54 bits per heavy atom. The monoisotopic (exact) mass is 210 g/mol. The maximum atomic E-state index is 12.9. The van der Waals surface area contributed by atoms with Crippen LogP contribution in [0.3, 0.4) is 0 Å². The van der Waals surface area contributed by atoms with E-state index in [4.69, 9.17) is 4.55 Å². The fraction of sp³-hybridized carbons (Fsp3) is 1.00. The van der Waals surface area contributed by atoms with Crippen LogP contribution in [0.5, 0.6) is 0 Å². The number of hydrogen-bond donors (Lipinski definition) is 1. The molecule has 0 aromatic carbocycles. The Morgan fingerprint density at radius 1 is 1.46 bits per heavy atom. The first-order chi connectivity index (χ1) is 5.91. The molecule has 0 amide bonds. The highest BCUT2D eigenvalue weighted by Gasteiger charge is 2.32. The van der Waals surface area contributed by atoms with Crippen LogP contribution in [0.1, 0.15) is 32.6 Å². The van der Waals surface area contributed by atoms with Gasteiger partial charge in [0.25, 0.3) is 10.1 Å². The van der Waals surface area contributed by atoms with Crippen molar-refractivity contribution in [3.63, 3.8) is 0 Å². The van der Waals surface area contributed by atoms with Crippen LogP contribution in [-0.4, -0.2) is 24.4 Å². The van der Waals surface area contributed by atoms with Crippen LogP contribution < -0.4 is 0 Å². The topological polar surface area (TPSA) is 54.4 Å². The smallest absolute Gasteiger partial charge is 0.267 e. The van der Waals surface area contributed by atoms with Gasteiger partial charge in [0, 0.05) is 0 Å². The van der Waals surface area contributed by atoms with E-state index in [1.165, 1.54) is 6.92 Å². The highest BCUT2D eigenvalue weighted by atomic mass is 32.2. The highest BCUT2D eigenvalue weighted by Crippen LogP contribution is 2.31. The van der Waals surface area contributed by atoms with Crippen molar-refractivity contribution in [1.82, 2.24) is 0 Å². The van der Waals surface area contributed by atoms with E-state index in [2.05, 4.69) is 0 Å². The molecule has 1 fully saturated rings. The zero-order chi connectivity index (χ0) is 10.1. The van der Waals surface area contributed by atoms with Crippen LogP contribution in [0.4, 0.5) is 4.39 Å². The van der Waals surface area contributed by atoms with Crippen molar-refractivity contribution in [3.05, 3.63) is 0 Å². The second-order valence-electron chi connectivity index (χ2n) is 3.74. The van der Waals surface area contributed by atoms with Crippen molar-refractivity contribution >= 4 is 10.1 Å². The predicted molar refractivity (Wildman–Crippen MR) is 47.9 cm³/mol. The molecular formula is C8H15FO3S. The van der Waals surface area contributed by atoms with Crippen LogP contribution in [0, 0.1) is 5.92 Å². The molecule has 1 aliphatic carbocycles. The first-order valence-corrected chi connectivity index (χ1v) is 6.02. The maximum Gasteiger partial charge on any atom is 0.267 e.